The number of hydrogen-bond acceptors (Lipinski definition) is 4. The molecule has 1 amide bonds. The summed E-state index contributed by atoms with van der Waals surface area (Å²) in [6.45, 7) is 2.71. The summed E-state index contributed by atoms with van der Waals surface area (Å²) in [7, 11) is 0. The zero-order valence-electron chi connectivity index (χ0n) is 16.1. The molecule has 148 valence electrons. The van der Waals surface area contributed by atoms with Gasteiger partial charge in [0.1, 0.15) is 0 Å². The maximum Gasteiger partial charge on any atom is 0.286 e. The van der Waals surface area contributed by atoms with Crippen LogP contribution in [0.4, 0.5) is 0 Å². The Morgan fingerprint density at radius 2 is 2.00 bits per heavy atom. The molecule has 0 aromatic rings. The van der Waals surface area contributed by atoms with Crippen molar-refractivity contribution in [1.82, 2.24) is 5.32 Å². The van der Waals surface area contributed by atoms with Gasteiger partial charge < -0.3 is 19.9 Å². The van der Waals surface area contributed by atoms with Gasteiger partial charge in [-0.3, -0.25) is 4.79 Å². The molecule has 3 aliphatic rings. The van der Waals surface area contributed by atoms with E-state index in [-0.39, 0.29) is 30.8 Å². The van der Waals surface area contributed by atoms with Crippen LogP contribution in [-0.2, 0) is 14.3 Å². The van der Waals surface area contributed by atoms with E-state index in [4.69, 9.17) is 9.47 Å². The normalized spacial score (nSPS) is 30.2. The first-order chi connectivity index (χ1) is 12.7. The van der Waals surface area contributed by atoms with Crippen LogP contribution in [0.25, 0.3) is 0 Å². The number of aliphatic hydroxyl groups is 1. The van der Waals surface area contributed by atoms with Crippen LogP contribution < -0.4 is 5.32 Å². The third-order valence-electron chi connectivity index (χ3n) is 6.32. The van der Waals surface area contributed by atoms with Gasteiger partial charge in [-0.2, -0.15) is 0 Å². The van der Waals surface area contributed by atoms with Gasteiger partial charge in [0.05, 0.1) is 0 Å². The second kappa shape index (κ2) is 9.75. The van der Waals surface area contributed by atoms with Gasteiger partial charge >= 0.3 is 0 Å². The predicted octanol–water partition coefficient (Wildman–Crippen LogP) is 3.52. The number of aliphatic hydroxyl groups excluding tert-OH is 1. The van der Waals surface area contributed by atoms with Crippen LogP contribution in [0.5, 0.6) is 0 Å². The lowest BCUT2D eigenvalue weighted by molar-refractivity contribution is -0.178. The van der Waals surface area contributed by atoms with E-state index in [1.165, 1.54) is 38.5 Å². The molecule has 1 aliphatic heterocycles. The van der Waals surface area contributed by atoms with Gasteiger partial charge in [0.25, 0.3) is 5.91 Å². The molecule has 3 rings (SSSR count). The summed E-state index contributed by atoms with van der Waals surface area (Å²) in [5.74, 6) is 1.52. The van der Waals surface area contributed by atoms with Crippen molar-refractivity contribution in [1.29, 1.82) is 0 Å². The molecule has 0 spiro atoms. The molecule has 2 fully saturated rings. The van der Waals surface area contributed by atoms with Crippen LogP contribution in [0.2, 0.25) is 0 Å². The maximum atomic E-state index is 12.8. The third kappa shape index (κ3) is 4.80. The summed E-state index contributed by atoms with van der Waals surface area (Å²) >= 11 is 0. The highest BCUT2D eigenvalue weighted by Crippen LogP contribution is 2.44. The van der Waals surface area contributed by atoms with Crippen molar-refractivity contribution in [2.45, 2.75) is 83.5 Å². The fourth-order valence-corrected chi connectivity index (χ4v) is 4.65. The number of carbonyl (C=O) groups is 1. The van der Waals surface area contributed by atoms with E-state index in [0.29, 0.717) is 24.2 Å². The minimum absolute atomic E-state index is 0.0773. The van der Waals surface area contributed by atoms with E-state index in [1.807, 2.05) is 6.92 Å². The molecule has 2 N–H and O–H groups in total. The summed E-state index contributed by atoms with van der Waals surface area (Å²) in [5.41, 5.74) is 0. The van der Waals surface area contributed by atoms with Crippen LogP contribution in [0.15, 0.2) is 11.8 Å². The van der Waals surface area contributed by atoms with E-state index < -0.39 is 0 Å². The second-order valence-electron chi connectivity index (χ2n) is 8.08. The maximum absolute atomic E-state index is 12.8. The second-order valence-corrected chi connectivity index (χ2v) is 8.08. The topological polar surface area (TPSA) is 67.8 Å². The Morgan fingerprint density at radius 1 is 1.23 bits per heavy atom. The molecule has 1 heterocycles. The van der Waals surface area contributed by atoms with Crippen molar-refractivity contribution in [3.63, 3.8) is 0 Å². The highest BCUT2D eigenvalue weighted by atomic mass is 16.7. The molecule has 3 atom stereocenters. The number of hydrogen-bond donors (Lipinski definition) is 2. The highest BCUT2D eigenvalue weighted by Gasteiger charge is 2.42. The van der Waals surface area contributed by atoms with E-state index in [2.05, 4.69) is 11.4 Å². The first-order valence-electron chi connectivity index (χ1n) is 10.6. The van der Waals surface area contributed by atoms with Crippen LogP contribution in [-0.4, -0.2) is 36.6 Å². The zero-order valence-corrected chi connectivity index (χ0v) is 16.1. The molecule has 2 aliphatic carbocycles. The standard InChI is InChI=1S/C21H35NO4/c1-2-25-21-17(12-7-13-23)18(15-8-6-9-15)14-19(26-21)20(24)22-16-10-4-3-5-11-16/h14-18,21,23H,2-13H2,1H3,(H,22,24)/t17-,18+,21+/m1/s1. The molecule has 0 aromatic heterocycles. The van der Waals surface area contributed by atoms with Crippen molar-refractivity contribution in [3.05, 3.63) is 11.8 Å². The number of ether oxygens (including phenoxy) is 2. The lowest BCUT2D eigenvalue weighted by Gasteiger charge is -2.43. The first kappa shape index (κ1) is 19.7. The molecule has 5 heteroatoms. The molecule has 0 saturated heterocycles. The average Bonchev–Trinajstić information content (AvgIpc) is 2.60. The van der Waals surface area contributed by atoms with Crippen molar-refractivity contribution >= 4 is 5.91 Å². The van der Waals surface area contributed by atoms with Crippen molar-refractivity contribution < 1.29 is 19.4 Å². The summed E-state index contributed by atoms with van der Waals surface area (Å²) in [6.07, 6.45) is 12.8. The number of carbonyl (C=O) groups excluding carboxylic acids is 1. The smallest absolute Gasteiger partial charge is 0.286 e. The number of allylic oxidation sites excluding steroid dienone is 1. The van der Waals surface area contributed by atoms with Gasteiger partial charge in [-0.1, -0.05) is 25.7 Å². The molecular formula is C21H35NO4. The largest absolute Gasteiger partial charge is 0.459 e. The molecule has 26 heavy (non-hydrogen) atoms. The zero-order chi connectivity index (χ0) is 18.4. The van der Waals surface area contributed by atoms with Gasteiger partial charge in [0, 0.05) is 25.2 Å². The number of amides is 1. The Bertz CT molecular complexity index is 482. The highest BCUT2D eigenvalue weighted by molar-refractivity contribution is 5.91. The molecule has 2 saturated carbocycles. The fraction of sp³-hybridized carbons (Fsp3) is 0.857. The van der Waals surface area contributed by atoms with Crippen LogP contribution in [0, 0.1) is 17.8 Å². The minimum Gasteiger partial charge on any atom is -0.459 e. The van der Waals surface area contributed by atoms with Crippen molar-refractivity contribution in [2.24, 2.45) is 17.8 Å². The molecule has 5 nitrogen and oxygen atoms in total. The Morgan fingerprint density at radius 3 is 2.62 bits per heavy atom. The molecule has 0 radical (unpaired) electrons. The van der Waals surface area contributed by atoms with Gasteiger partial charge in [0.15, 0.2) is 5.76 Å². The van der Waals surface area contributed by atoms with Gasteiger partial charge in [0.2, 0.25) is 6.29 Å². The Balaban J connectivity index is 1.72. The summed E-state index contributed by atoms with van der Waals surface area (Å²) in [6, 6.07) is 0.278. The summed E-state index contributed by atoms with van der Waals surface area (Å²) < 4.78 is 11.9. The number of nitrogens with one attached hydrogen (secondary N) is 1. The van der Waals surface area contributed by atoms with Gasteiger partial charge in [-0.05, 0) is 63.4 Å². The third-order valence-corrected chi connectivity index (χ3v) is 6.32. The Labute approximate surface area is 157 Å². The van der Waals surface area contributed by atoms with E-state index in [0.717, 1.165) is 25.7 Å². The molecule has 0 unspecified atom stereocenters. The SMILES string of the molecule is CCO[C@H]1OC(C(=O)NC2CCCCC2)=C[C@@H](C2CCC2)[C@H]1CCCO. The number of rotatable bonds is 8. The molecular weight excluding hydrogens is 330 g/mol. The lowest BCUT2D eigenvalue weighted by Crippen LogP contribution is -2.44. The average molecular weight is 366 g/mol. The minimum atomic E-state index is -0.380. The summed E-state index contributed by atoms with van der Waals surface area (Å²) in [4.78, 5) is 12.8. The Hall–Kier alpha value is -1.07. The van der Waals surface area contributed by atoms with E-state index in [1.54, 1.807) is 0 Å². The van der Waals surface area contributed by atoms with Crippen LogP contribution in [0.3, 0.4) is 0 Å². The van der Waals surface area contributed by atoms with E-state index in [9.17, 15) is 9.90 Å². The quantitative estimate of drug-likeness (QED) is 0.691. The van der Waals surface area contributed by atoms with Crippen molar-refractivity contribution in [3.8, 4) is 0 Å². The van der Waals surface area contributed by atoms with E-state index >= 15 is 0 Å². The van der Waals surface area contributed by atoms with Crippen LogP contribution >= 0.6 is 0 Å². The lowest BCUT2D eigenvalue weighted by atomic mass is 9.68. The van der Waals surface area contributed by atoms with Gasteiger partial charge in [-0.25, -0.2) is 0 Å². The monoisotopic (exact) mass is 365 g/mol. The Kier molecular flexibility index (Phi) is 7.38. The molecule has 0 aromatic carbocycles. The predicted molar refractivity (Wildman–Crippen MR) is 100 cm³/mol. The first-order valence-corrected chi connectivity index (χ1v) is 10.6. The molecule has 0 bridgehead atoms. The van der Waals surface area contributed by atoms with Crippen molar-refractivity contribution in [2.75, 3.05) is 13.2 Å². The van der Waals surface area contributed by atoms with Crippen LogP contribution in [0.1, 0.15) is 71.1 Å². The summed E-state index contributed by atoms with van der Waals surface area (Å²) in [5, 5.41) is 12.4. The van der Waals surface area contributed by atoms with Gasteiger partial charge in [-0.15, -0.1) is 0 Å². The fourth-order valence-electron chi connectivity index (χ4n) is 4.65.